The lowest BCUT2D eigenvalue weighted by Gasteiger charge is -2.31. The van der Waals surface area contributed by atoms with Crippen molar-refractivity contribution in [3.63, 3.8) is 0 Å². The van der Waals surface area contributed by atoms with Crippen LogP contribution in [-0.2, 0) is 23.1 Å². The van der Waals surface area contributed by atoms with Gasteiger partial charge < -0.3 is 50.4 Å². The van der Waals surface area contributed by atoms with Crippen molar-refractivity contribution in [3.05, 3.63) is 0 Å². The Morgan fingerprint density at radius 3 is 1.04 bits per heavy atom. The molecule has 0 radical (unpaired) electrons. The highest BCUT2D eigenvalue weighted by atomic mass is 35.6. The van der Waals surface area contributed by atoms with Crippen molar-refractivity contribution in [2.45, 2.75) is 124 Å². The average molecular weight is 791 g/mol. The Bertz CT molecular complexity index is 642. The molecule has 3 saturated heterocycles. The van der Waals surface area contributed by atoms with Gasteiger partial charge >= 0.3 is 0 Å². The Morgan fingerprint density at radius 1 is 0.630 bits per heavy atom. The minimum Gasteiger partial charge on any atom is -1.00 e. The van der Waals surface area contributed by atoms with E-state index >= 15 is 0 Å². The highest BCUT2D eigenvalue weighted by molar-refractivity contribution is 7.31. The molecule has 0 saturated carbocycles. The average Bonchev–Trinajstić information content (AvgIpc) is 3.76. The molecule has 3 heterocycles. The number of hydrogen-bond acceptors (Lipinski definition) is 7. The van der Waals surface area contributed by atoms with E-state index in [-0.39, 0.29) is 25.1 Å². The van der Waals surface area contributed by atoms with E-state index in [1.54, 1.807) is 4.90 Å². The van der Waals surface area contributed by atoms with Gasteiger partial charge in [0, 0.05) is 0 Å². The topological polar surface area (TPSA) is 84.0 Å². The number of nitrogens with zero attached hydrogens (tertiary/aromatic N) is 1. The van der Waals surface area contributed by atoms with Gasteiger partial charge in [0.1, 0.15) is 33.1 Å². The Kier molecular flexibility index (Phi) is 30.5. The summed E-state index contributed by atoms with van der Waals surface area (Å²) in [4.78, 5) is 4.06. The maximum absolute atomic E-state index is 8.08. The molecule has 15 heteroatoms. The molecule has 3 fully saturated rings. The lowest BCUT2D eigenvalue weighted by atomic mass is 10.5. The first-order chi connectivity index (χ1) is 20.7. The zero-order valence-corrected chi connectivity index (χ0v) is 38.5. The van der Waals surface area contributed by atoms with Crippen molar-refractivity contribution in [1.29, 1.82) is 0 Å². The maximum Gasteiger partial charge on any atom is 0.186 e. The van der Waals surface area contributed by atoms with Crippen LogP contribution in [0.2, 0.25) is 63.7 Å². The number of halogens is 3. The molecule has 282 valence electrons. The van der Waals surface area contributed by atoms with Gasteiger partial charge in [-0.25, -0.2) is 0 Å². The van der Waals surface area contributed by atoms with Crippen LogP contribution in [0.5, 0.6) is 0 Å². The van der Waals surface area contributed by atoms with Gasteiger partial charge in [0.2, 0.25) is 0 Å². The molecule has 46 heavy (non-hydrogen) atoms. The fourth-order valence-electron chi connectivity index (χ4n) is 4.69. The van der Waals surface area contributed by atoms with E-state index < -0.39 is 31.4 Å². The van der Waals surface area contributed by atoms with Crippen molar-refractivity contribution in [1.82, 2.24) is 4.90 Å². The molecule has 3 unspecified atom stereocenters. The monoisotopic (exact) mass is 788 g/mol. The van der Waals surface area contributed by atoms with Gasteiger partial charge in [0.05, 0.1) is 59.3 Å². The van der Waals surface area contributed by atoms with E-state index in [4.69, 9.17) is 45.6 Å². The number of epoxide rings is 3. The normalized spacial score (nSPS) is 20.0. The summed E-state index contributed by atoms with van der Waals surface area (Å²) in [7, 11) is -5.98. The third-order valence-corrected chi connectivity index (χ3v) is 25.1. The second-order valence-electron chi connectivity index (χ2n) is 14.4. The summed E-state index contributed by atoms with van der Waals surface area (Å²) in [6.07, 6.45) is 0.926. The van der Waals surface area contributed by atoms with Crippen LogP contribution >= 0.6 is 22.2 Å². The number of aliphatic hydroxyl groups is 1. The summed E-state index contributed by atoms with van der Waals surface area (Å²) in [5, 5.41) is 8.08. The molecule has 2 N–H and O–H groups in total. The van der Waals surface area contributed by atoms with Crippen LogP contribution in [0.25, 0.3) is 0 Å². The molecule has 0 bridgehead atoms. The number of aliphatic hydroxyl groups excluding tert-OH is 1. The van der Waals surface area contributed by atoms with Crippen molar-refractivity contribution >= 4 is 53.6 Å². The summed E-state index contributed by atoms with van der Waals surface area (Å²) in [5.74, 6) is 0. The Hall–Kier alpha value is 1.42. The van der Waals surface area contributed by atoms with Gasteiger partial charge in [-0.3, -0.25) is 0 Å². The van der Waals surface area contributed by atoms with Gasteiger partial charge in [0.15, 0.2) is 16.6 Å². The molecule has 3 atom stereocenters. The van der Waals surface area contributed by atoms with Crippen LogP contribution in [0.3, 0.4) is 0 Å². The van der Waals surface area contributed by atoms with E-state index in [0.717, 1.165) is 44.4 Å². The summed E-state index contributed by atoms with van der Waals surface area (Å²) in [6, 6.07) is 0. The minimum atomic E-state index is -1.60. The van der Waals surface area contributed by atoms with Crippen LogP contribution in [0.15, 0.2) is 0 Å². The zero-order valence-electron chi connectivity index (χ0n) is 32.2. The predicted octanol–water partition coefficient (Wildman–Crippen LogP) is 2.84. The minimum absolute atomic E-state index is 0. The van der Waals surface area contributed by atoms with E-state index in [9.17, 15) is 0 Å². The third-order valence-electron chi connectivity index (χ3n) is 7.26. The van der Waals surface area contributed by atoms with Crippen LogP contribution in [-0.4, -0.2) is 139 Å². The van der Waals surface area contributed by atoms with Gasteiger partial charge in [-0.2, -0.15) is 22.2 Å². The molecule has 0 aliphatic carbocycles. The first-order valence-corrected chi connectivity index (χ1v) is 32.0. The second kappa shape index (κ2) is 27.1. The lowest BCUT2D eigenvalue weighted by Crippen LogP contribution is -3.11. The summed E-state index contributed by atoms with van der Waals surface area (Å²) in [5.41, 5.74) is 2.24. The Balaban J connectivity index is -0.000000545. The molecule has 0 amide bonds. The van der Waals surface area contributed by atoms with Crippen LogP contribution < -0.4 is 17.3 Å². The van der Waals surface area contributed by atoms with Crippen LogP contribution in [0, 0.1) is 0 Å². The second-order valence-corrected chi connectivity index (χ2v) is 37.9. The number of quaternary nitrogens is 1. The summed E-state index contributed by atoms with van der Waals surface area (Å²) in [6.45, 7) is 42.6. The number of hydrogen-bond donors (Lipinski definition) is 2. The number of rotatable bonds is 17. The third kappa shape index (κ3) is 38.2. The highest BCUT2D eigenvalue weighted by Gasteiger charge is 2.38. The van der Waals surface area contributed by atoms with E-state index in [1.165, 1.54) is 39.3 Å². The number of nitrogens with one attached hydrogen (secondary N) is 1. The molecular formula is C31H75Cl3N2O6Si4. The van der Waals surface area contributed by atoms with E-state index in [1.807, 2.05) is 0 Å². The Morgan fingerprint density at radius 2 is 0.935 bits per heavy atom. The molecule has 3 aliphatic heterocycles. The van der Waals surface area contributed by atoms with Crippen molar-refractivity contribution in [3.8, 4) is 0 Å². The van der Waals surface area contributed by atoms with Gasteiger partial charge in [-0.15, -0.1) is 0 Å². The quantitative estimate of drug-likeness (QED) is 0.133. The molecule has 0 aromatic carbocycles. The van der Waals surface area contributed by atoms with Crippen molar-refractivity contribution in [2.24, 2.45) is 0 Å². The van der Waals surface area contributed by atoms with Crippen LogP contribution in [0.1, 0.15) is 41.5 Å². The molecule has 8 nitrogen and oxygen atoms in total. The van der Waals surface area contributed by atoms with Crippen molar-refractivity contribution < 1.29 is 45.5 Å². The fraction of sp³-hybridized carbons (Fsp3) is 1.00. The molecular weight excluding hydrogens is 715 g/mol. The molecule has 3 aliphatic rings. The number of ether oxygens (including phenoxy) is 3. The predicted molar refractivity (Wildman–Crippen MR) is 206 cm³/mol. The lowest BCUT2D eigenvalue weighted by molar-refractivity contribution is -0.894. The maximum atomic E-state index is 8.08. The van der Waals surface area contributed by atoms with E-state index in [2.05, 4.69) is 104 Å². The summed E-state index contributed by atoms with van der Waals surface area (Å²) >= 11 is 12.2. The fourth-order valence-corrected chi connectivity index (χ4v) is 29.6. The molecule has 0 spiro atoms. The Labute approximate surface area is 305 Å². The van der Waals surface area contributed by atoms with Crippen molar-refractivity contribution in [2.75, 3.05) is 78.9 Å². The molecule has 0 aromatic heterocycles. The van der Waals surface area contributed by atoms with Gasteiger partial charge in [-0.1, -0.05) is 47.0 Å². The first-order valence-electron chi connectivity index (χ1n) is 17.4. The standard InChI is InChI=1S/C11H24O4Si2.2C6H15N.C5H14Cl2Si2.C3H6O2.ClH/c1-16(2,14-7-10-5-12-10)9-17(3,4)15-8-11-6-13-11;2*1-4-7(5-2)6-3;1-8(2,6)5-9(3,4)7;4-1-3-2-5-3;/h10-11H,5-9H2,1-4H3;2*4-6H2,1-3H3;5H2,1-4H3;3-4H,1-2H2;1H. The van der Waals surface area contributed by atoms with E-state index in [0.29, 0.717) is 12.2 Å². The largest absolute Gasteiger partial charge is 1.00 e. The molecule has 3 rings (SSSR count). The zero-order chi connectivity index (χ0) is 35.3. The summed E-state index contributed by atoms with van der Waals surface area (Å²) < 4.78 is 27.1. The smallest absolute Gasteiger partial charge is 0.186 e. The van der Waals surface area contributed by atoms with Crippen LogP contribution in [0.4, 0.5) is 0 Å². The molecule has 0 aromatic rings. The first kappa shape index (κ1) is 51.8. The van der Waals surface area contributed by atoms with Gasteiger partial charge in [0.25, 0.3) is 0 Å². The highest BCUT2D eigenvalue weighted by Crippen LogP contribution is 2.26. The van der Waals surface area contributed by atoms with Gasteiger partial charge in [-0.05, 0) is 77.9 Å². The SMILES string of the molecule is CCN(CC)CC.CC[NH+](CC)CC.C[Si](C)(C[Si](C)(C)OCC1CO1)OCC1CO1.C[Si](C)(Cl)C[Si](C)(C)Cl.OCC1CO1.[Cl-].